The first-order valence-electron chi connectivity index (χ1n) is 11.1. The van der Waals surface area contributed by atoms with Crippen LogP contribution in [-0.2, 0) is 27.9 Å². The lowest BCUT2D eigenvalue weighted by atomic mass is 9.93. The molecule has 2 aromatic heterocycles. The Hall–Kier alpha value is -2.64. The Kier molecular flexibility index (Phi) is 8.14. The number of nitrogens with zero attached hydrogens (tertiary/aromatic N) is 3. The number of hydrogen-bond acceptors (Lipinski definition) is 6. The number of aryl methyl sites for hydroxylation is 1. The zero-order valence-corrected chi connectivity index (χ0v) is 23.8. The van der Waals surface area contributed by atoms with Gasteiger partial charge in [0.15, 0.2) is 17.2 Å². The highest BCUT2D eigenvalue weighted by Crippen LogP contribution is 2.29. The zero-order chi connectivity index (χ0) is 26.9. The molecule has 4 aromatic rings. The molecule has 0 aliphatic heterocycles. The number of aromatic nitrogens is 4. The number of fused-ring (bicyclic) bond motifs is 1. The number of hydrogen-bond donors (Lipinski definition) is 3. The molecule has 0 saturated heterocycles. The molecule has 0 spiro atoms. The number of H-pyrrole nitrogens is 1. The average molecular weight is 586 g/mol. The lowest BCUT2D eigenvalue weighted by molar-refractivity contribution is 0.522. The SMILES string of the molecule is Cc1ccc(NS(=O)Oc2cc(Cl)ccc2Cl)cc1OS(=O)NC(C)c1nnc2cc(C(C)(C)C)[nH]n12. The van der Waals surface area contributed by atoms with Crippen LogP contribution in [0.25, 0.3) is 5.65 Å². The van der Waals surface area contributed by atoms with Gasteiger partial charge in [0.1, 0.15) is 5.75 Å². The van der Waals surface area contributed by atoms with Gasteiger partial charge < -0.3 is 8.37 Å². The first-order chi connectivity index (χ1) is 17.4. The topological polar surface area (TPSA) is 123 Å². The third-order valence-electron chi connectivity index (χ3n) is 5.30. The van der Waals surface area contributed by atoms with E-state index in [4.69, 9.17) is 31.6 Å². The molecular weight excluding hydrogens is 559 g/mol. The predicted molar refractivity (Wildman–Crippen MR) is 146 cm³/mol. The molecule has 0 aliphatic rings. The fraction of sp³-hybridized carbons (Fsp3) is 0.304. The first kappa shape index (κ1) is 27.4. The second kappa shape index (κ2) is 11.0. The van der Waals surface area contributed by atoms with Crippen LogP contribution >= 0.6 is 23.2 Å². The van der Waals surface area contributed by atoms with E-state index < -0.39 is 28.6 Å². The maximum atomic E-state index is 12.8. The Morgan fingerprint density at radius 2 is 1.73 bits per heavy atom. The van der Waals surface area contributed by atoms with Gasteiger partial charge in [-0.2, -0.15) is 13.1 Å². The number of aromatic amines is 1. The van der Waals surface area contributed by atoms with Gasteiger partial charge in [0.25, 0.3) is 11.3 Å². The van der Waals surface area contributed by atoms with E-state index in [0.29, 0.717) is 27.9 Å². The fourth-order valence-corrected chi connectivity index (χ4v) is 5.07. The van der Waals surface area contributed by atoms with Gasteiger partial charge >= 0.3 is 11.3 Å². The lowest BCUT2D eigenvalue weighted by Gasteiger charge is -2.16. The molecule has 0 amide bonds. The summed E-state index contributed by atoms with van der Waals surface area (Å²) < 4.78 is 43.6. The largest absolute Gasteiger partial charge is 0.389 e. The number of anilines is 1. The van der Waals surface area contributed by atoms with E-state index in [2.05, 4.69) is 45.5 Å². The Bertz CT molecular complexity index is 1480. The minimum atomic E-state index is -1.98. The van der Waals surface area contributed by atoms with Gasteiger partial charge in [-0.1, -0.05) is 50.0 Å². The van der Waals surface area contributed by atoms with Gasteiger partial charge in [-0.3, -0.25) is 9.82 Å². The molecule has 0 bridgehead atoms. The molecule has 0 radical (unpaired) electrons. The first-order valence-corrected chi connectivity index (χ1v) is 14.0. The average Bonchev–Trinajstić information content (AvgIpc) is 3.39. The van der Waals surface area contributed by atoms with Crippen molar-refractivity contribution in [3.05, 3.63) is 69.6 Å². The summed E-state index contributed by atoms with van der Waals surface area (Å²) in [6.07, 6.45) is 0. The van der Waals surface area contributed by atoms with E-state index in [1.165, 1.54) is 6.07 Å². The minimum absolute atomic E-state index is 0.0910. The summed E-state index contributed by atoms with van der Waals surface area (Å²) in [4.78, 5) is 0. The van der Waals surface area contributed by atoms with Crippen molar-refractivity contribution in [1.29, 1.82) is 0 Å². The molecule has 3 N–H and O–H groups in total. The third kappa shape index (κ3) is 6.63. The molecule has 2 aromatic carbocycles. The number of nitrogens with one attached hydrogen (secondary N) is 3. The van der Waals surface area contributed by atoms with Crippen LogP contribution in [-0.4, -0.2) is 28.2 Å². The highest BCUT2D eigenvalue weighted by atomic mass is 35.5. The molecule has 10 nitrogen and oxygen atoms in total. The lowest BCUT2D eigenvalue weighted by Crippen LogP contribution is -2.27. The minimum Gasteiger partial charge on any atom is -0.389 e. The number of rotatable bonds is 9. The van der Waals surface area contributed by atoms with Gasteiger partial charge in [0.2, 0.25) is 0 Å². The van der Waals surface area contributed by atoms with E-state index in [-0.39, 0.29) is 16.2 Å². The fourth-order valence-electron chi connectivity index (χ4n) is 3.26. The van der Waals surface area contributed by atoms with Crippen LogP contribution in [0.1, 0.15) is 50.8 Å². The van der Waals surface area contributed by atoms with Crippen molar-refractivity contribution in [2.45, 2.75) is 46.1 Å². The Balaban J connectivity index is 1.41. The molecule has 0 aliphatic carbocycles. The van der Waals surface area contributed by atoms with Crippen LogP contribution in [0, 0.1) is 6.92 Å². The highest BCUT2D eigenvalue weighted by Gasteiger charge is 2.22. The summed E-state index contributed by atoms with van der Waals surface area (Å²) in [7, 11) is 0. The number of halogens is 2. The molecule has 198 valence electrons. The van der Waals surface area contributed by atoms with Crippen LogP contribution in [0.5, 0.6) is 11.5 Å². The monoisotopic (exact) mass is 584 g/mol. The predicted octanol–water partition coefficient (Wildman–Crippen LogP) is 5.35. The summed E-state index contributed by atoms with van der Waals surface area (Å²) in [5, 5.41) is 12.4. The molecule has 3 unspecified atom stereocenters. The van der Waals surface area contributed by atoms with Crippen molar-refractivity contribution in [1.82, 2.24) is 24.5 Å². The van der Waals surface area contributed by atoms with Gasteiger partial charge in [-0.05, 0) is 37.6 Å². The molecular formula is C23H26Cl2N6O4S2. The van der Waals surface area contributed by atoms with Crippen molar-refractivity contribution in [3.8, 4) is 11.5 Å². The van der Waals surface area contributed by atoms with E-state index in [1.807, 2.05) is 13.0 Å². The number of benzene rings is 2. The maximum absolute atomic E-state index is 12.8. The molecule has 0 fully saturated rings. The summed E-state index contributed by atoms with van der Waals surface area (Å²) in [6.45, 7) is 9.88. The van der Waals surface area contributed by atoms with Crippen LogP contribution in [0.15, 0.2) is 42.5 Å². The van der Waals surface area contributed by atoms with Crippen molar-refractivity contribution in [3.63, 3.8) is 0 Å². The van der Waals surface area contributed by atoms with Gasteiger partial charge in [0, 0.05) is 34.3 Å². The Morgan fingerprint density at radius 1 is 1.00 bits per heavy atom. The smallest absolute Gasteiger partial charge is 0.316 e. The maximum Gasteiger partial charge on any atom is 0.316 e. The standard InChI is InChI=1S/C23H26Cl2N6O4S2/c1-13-6-8-16(30-37(33)35-19-10-15(24)7-9-17(19)25)11-18(13)34-36(32)29-14(2)22-27-26-21-12-20(23(3,4)5)28-31(21)22/h6-12,14,28-30H,1-5H3. The normalized spacial score (nSPS) is 14.4. The van der Waals surface area contributed by atoms with E-state index in [9.17, 15) is 8.42 Å². The molecule has 4 rings (SSSR count). The van der Waals surface area contributed by atoms with Crippen molar-refractivity contribution < 1.29 is 16.8 Å². The quantitative estimate of drug-likeness (QED) is 0.244. The molecule has 0 saturated carbocycles. The second-order valence-electron chi connectivity index (χ2n) is 9.30. The third-order valence-corrected chi connectivity index (χ3v) is 7.46. The molecule has 2 heterocycles. The highest BCUT2D eigenvalue weighted by molar-refractivity contribution is 7.82. The van der Waals surface area contributed by atoms with Crippen LogP contribution in [0.3, 0.4) is 0 Å². The Morgan fingerprint density at radius 3 is 2.46 bits per heavy atom. The molecule has 37 heavy (non-hydrogen) atoms. The second-order valence-corrected chi connectivity index (χ2v) is 11.9. The summed E-state index contributed by atoms with van der Waals surface area (Å²) in [6, 6.07) is 11.1. The van der Waals surface area contributed by atoms with Crippen LogP contribution in [0.2, 0.25) is 10.0 Å². The van der Waals surface area contributed by atoms with Gasteiger partial charge in [-0.15, -0.1) is 10.2 Å². The van der Waals surface area contributed by atoms with Crippen LogP contribution < -0.4 is 17.8 Å². The van der Waals surface area contributed by atoms with Crippen molar-refractivity contribution >= 4 is 57.1 Å². The van der Waals surface area contributed by atoms with Crippen molar-refractivity contribution in [2.75, 3.05) is 4.72 Å². The van der Waals surface area contributed by atoms with Gasteiger partial charge in [0.05, 0.1) is 16.8 Å². The van der Waals surface area contributed by atoms with Crippen LogP contribution in [0.4, 0.5) is 5.69 Å². The molecule has 14 heteroatoms. The Labute approximate surface area is 229 Å². The van der Waals surface area contributed by atoms with E-state index in [0.717, 1.165) is 11.3 Å². The summed E-state index contributed by atoms with van der Waals surface area (Å²) >= 11 is 8.11. The van der Waals surface area contributed by atoms with Crippen molar-refractivity contribution in [2.24, 2.45) is 0 Å². The zero-order valence-electron chi connectivity index (χ0n) is 20.7. The molecule has 3 atom stereocenters. The summed E-state index contributed by atoms with van der Waals surface area (Å²) in [5.41, 5.74) is 2.72. The van der Waals surface area contributed by atoms with Gasteiger partial charge in [-0.25, -0.2) is 4.52 Å². The summed E-state index contributed by atoms with van der Waals surface area (Å²) in [5.74, 6) is 1.05. The van der Waals surface area contributed by atoms with E-state index in [1.54, 1.807) is 41.8 Å². The van der Waals surface area contributed by atoms with E-state index >= 15 is 0 Å².